The molecule has 0 aliphatic rings. The van der Waals surface area contributed by atoms with Crippen molar-refractivity contribution in [3.8, 4) is 5.75 Å². The molecule has 0 aliphatic carbocycles. The van der Waals surface area contributed by atoms with Crippen LogP contribution in [-0.4, -0.2) is 24.5 Å². The van der Waals surface area contributed by atoms with Gasteiger partial charge in [-0.25, -0.2) is 0 Å². The van der Waals surface area contributed by atoms with Gasteiger partial charge in [0.15, 0.2) is 5.96 Å². The van der Waals surface area contributed by atoms with Gasteiger partial charge in [0.05, 0.1) is 5.69 Å². The maximum Gasteiger partial charge on any atom is 0.191 e. The first-order valence-electron chi connectivity index (χ1n) is 9.43. The third-order valence-electron chi connectivity index (χ3n) is 4.27. The number of guanidine groups is 1. The second-order valence-corrected chi connectivity index (χ2v) is 6.34. The fraction of sp³-hybridized carbons (Fsp3) is 0.217. The summed E-state index contributed by atoms with van der Waals surface area (Å²) >= 11 is 0. The highest BCUT2D eigenvalue weighted by Crippen LogP contribution is 2.13. The minimum Gasteiger partial charge on any atom is -0.487 e. The maximum absolute atomic E-state index is 5.77. The Hall–Kier alpha value is -3.34. The summed E-state index contributed by atoms with van der Waals surface area (Å²) in [6.45, 7) is 2.01. The summed E-state index contributed by atoms with van der Waals surface area (Å²) in [5.41, 5.74) is 3.39. The standard InChI is InChI=1S/C23H26N4O/c1-24-23(26-16-14-19-7-3-2-4-8-19)27-17-20-10-12-22(13-11-20)28-18-21-9-5-6-15-25-21/h2-13,15H,14,16-18H2,1H3,(H2,24,26,27). The van der Waals surface area contributed by atoms with E-state index in [0.717, 1.165) is 35.9 Å². The number of ether oxygens (including phenoxy) is 1. The van der Waals surface area contributed by atoms with Crippen molar-refractivity contribution in [3.05, 3.63) is 95.8 Å². The van der Waals surface area contributed by atoms with Crippen LogP contribution in [-0.2, 0) is 19.6 Å². The van der Waals surface area contributed by atoms with Crippen LogP contribution < -0.4 is 15.4 Å². The maximum atomic E-state index is 5.77. The third kappa shape index (κ3) is 6.43. The van der Waals surface area contributed by atoms with Crippen LogP contribution in [0.3, 0.4) is 0 Å². The highest BCUT2D eigenvalue weighted by Gasteiger charge is 2.01. The second kappa shape index (κ2) is 10.7. The van der Waals surface area contributed by atoms with Crippen LogP contribution in [0, 0.1) is 0 Å². The number of aromatic nitrogens is 1. The van der Waals surface area contributed by atoms with E-state index in [1.54, 1.807) is 13.2 Å². The van der Waals surface area contributed by atoms with Gasteiger partial charge in [0.1, 0.15) is 12.4 Å². The van der Waals surface area contributed by atoms with Crippen LogP contribution in [0.25, 0.3) is 0 Å². The molecule has 0 radical (unpaired) electrons. The van der Waals surface area contributed by atoms with Crippen molar-refractivity contribution in [2.45, 2.75) is 19.6 Å². The molecule has 0 bridgehead atoms. The summed E-state index contributed by atoms with van der Waals surface area (Å²) in [5.74, 6) is 1.63. The lowest BCUT2D eigenvalue weighted by Gasteiger charge is -2.12. The van der Waals surface area contributed by atoms with Gasteiger partial charge in [-0.3, -0.25) is 9.98 Å². The first kappa shape index (κ1) is 19.4. The highest BCUT2D eigenvalue weighted by molar-refractivity contribution is 5.79. The van der Waals surface area contributed by atoms with Crippen molar-refractivity contribution in [1.82, 2.24) is 15.6 Å². The summed E-state index contributed by atoms with van der Waals surface area (Å²) in [5, 5.41) is 6.68. The fourth-order valence-corrected chi connectivity index (χ4v) is 2.72. The molecule has 5 nitrogen and oxygen atoms in total. The second-order valence-electron chi connectivity index (χ2n) is 6.34. The molecule has 0 fully saturated rings. The third-order valence-corrected chi connectivity index (χ3v) is 4.27. The molecule has 2 aromatic carbocycles. The molecule has 0 unspecified atom stereocenters. The van der Waals surface area contributed by atoms with Crippen molar-refractivity contribution in [2.75, 3.05) is 13.6 Å². The molecule has 0 amide bonds. The van der Waals surface area contributed by atoms with Gasteiger partial charge in [0, 0.05) is 26.3 Å². The quantitative estimate of drug-likeness (QED) is 0.467. The van der Waals surface area contributed by atoms with Crippen LogP contribution in [0.4, 0.5) is 0 Å². The van der Waals surface area contributed by atoms with Crippen LogP contribution in [0.15, 0.2) is 84.0 Å². The molecule has 2 N–H and O–H groups in total. The molecule has 0 saturated heterocycles. The minimum atomic E-state index is 0.469. The van der Waals surface area contributed by atoms with E-state index in [2.05, 4.69) is 57.0 Å². The van der Waals surface area contributed by atoms with Gasteiger partial charge in [-0.15, -0.1) is 0 Å². The Morgan fingerprint density at radius 1 is 0.893 bits per heavy atom. The van der Waals surface area contributed by atoms with Crippen molar-refractivity contribution in [1.29, 1.82) is 0 Å². The summed E-state index contributed by atoms with van der Waals surface area (Å²) in [4.78, 5) is 8.54. The van der Waals surface area contributed by atoms with Crippen LogP contribution in [0.2, 0.25) is 0 Å². The van der Waals surface area contributed by atoms with Gasteiger partial charge in [-0.1, -0.05) is 48.5 Å². The molecular weight excluding hydrogens is 348 g/mol. The van der Waals surface area contributed by atoms with E-state index in [4.69, 9.17) is 4.74 Å². The SMILES string of the molecule is CN=C(NCCc1ccccc1)NCc1ccc(OCc2ccccn2)cc1. The summed E-state index contributed by atoms with van der Waals surface area (Å²) < 4.78 is 5.77. The molecule has 1 heterocycles. The van der Waals surface area contributed by atoms with Crippen molar-refractivity contribution >= 4 is 5.96 Å². The monoisotopic (exact) mass is 374 g/mol. The topological polar surface area (TPSA) is 58.5 Å². The molecule has 144 valence electrons. The van der Waals surface area contributed by atoms with Crippen molar-refractivity contribution in [2.24, 2.45) is 4.99 Å². The molecule has 28 heavy (non-hydrogen) atoms. The average molecular weight is 374 g/mol. The van der Waals surface area contributed by atoms with E-state index < -0.39 is 0 Å². The predicted octanol–water partition coefficient (Wildman–Crippen LogP) is 3.57. The number of rotatable bonds is 8. The first-order valence-corrected chi connectivity index (χ1v) is 9.43. The molecule has 0 spiro atoms. The highest BCUT2D eigenvalue weighted by atomic mass is 16.5. The van der Waals surface area contributed by atoms with E-state index >= 15 is 0 Å². The van der Waals surface area contributed by atoms with Gasteiger partial charge in [0.25, 0.3) is 0 Å². The Kier molecular flexibility index (Phi) is 7.44. The fourth-order valence-electron chi connectivity index (χ4n) is 2.72. The summed E-state index contributed by atoms with van der Waals surface area (Å²) in [6, 6.07) is 24.3. The van der Waals surface area contributed by atoms with Crippen molar-refractivity contribution < 1.29 is 4.74 Å². The van der Waals surface area contributed by atoms with Crippen LogP contribution in [0.1, 0.15) is 16.8 Å². The molecular formula is C23H26N4O. The lowest BCUT2D eigenvalue weighted by Crippen LogP contribution is -2.37. The van der Waals surface area contributed by atoms with E-state index in [0.29, 0.717) is 13.2 Å². The largest absolute Gasteiger partial charge is 0.487 e. The number of nitrogens with one attached hydrogen (secondary N) is 2. The number of pyridine rings is 1. The summed E-state index contributed by atoms with van der Waals surface area (Å²) in [6.07, 6.45) is 2.73. The minimum absolute atomic E-state index is 0.469. The zero-order valence-electron chi connectivity index (χ0n) is 16.1. The number of hydrogen-bond donors (Lipinski definition) is 2. The predicted molar refractivity (Wildman–Crippen MR) is 113 cm³/mol. The zero-order valence-corrected chi connectivity index (χ0v) is 16.1. The van der Waals surface area contributed by atoms with Crippen LogP contribution >= 0.6 is 0 Å². The Morgan fingerprint density at radius 2 is 1.68 bits per heavy atom. The van der Waals surface area contributed by atoms with Gasteiger partial charge in [-0.05, 0) is 41.8 Å². The van der Waals surface area contributed by atoms with E-state index in [9.17, 15) is 0 Å². The normalized spacial score (nSPS) is 11.1. The first-order chi connectivity index (χ1) is 13.8. The lowest BCUT2D eigenvalue weighted by molar-refractivity contribution is 0.301. The Balaban J connectivity index is 1.40. The van der Waals surface area contributed by atoms with E-state index in [-0.39, 0.29) is 0 Å². The summed E-state index contributed by atoms with van der Waals surface area (Å²) in [7, 11) is 1.78. The molecule has 0 atom stereocenters. The van der Waals surface area contributed by atoms with Gasteiger partial charge >= 0.3 is 0 Å². The lowest BCUT2D eigenvalue weighted by atomic mass is 10.1. The van der Waals surface area contributed by atoms with E-state index in [1.807, 2.05) is 36.4 Å². The van der Waals surface area contributed by atoms with Gasteiger partial charge in [-0.2, -0.15) is 0 Å². The Labute approximate surface area is 166 Å². The number of hydrogen-bond acceptors (Lipinski definition) is 3. The average Bonchev–Trinajstić information content (AvgIpc) is 2.77. The Morgan fingerprint density at radius 3 is 2.39 bits per heavy atom. The number of benzene rings is 2. The molecule has 3 aromatic rings. The van der Waals surface area contributed by atoms with E-state index in [1.165, 1.54) is 5.56 Å². The Bertz CT molecular complexity index is 849. The van der Waals surface area contributed by atoms with Gasteiger partial charge < -0.3 is 15.4 Å². The van der Waals surface area contributed by atoms with Crippen molar-refractivity contribution in [3.63, 3.8) is 0 Å². The molecule has 5 heteroatoms. The molecule has 0 saturated carbocycles. The number of aliphatic imine (C=N–C) groups is 1. The molecule has 3 rings (SSSR count). The van der Waals surface area contributed by atoms with Crippen LogP contribution in [0.5, 0.6) is 5.75 Å². The smallest absolute Gasteiger partial charge is 0.191 e. The number of nitrogens with zero attached hydrogens (tertiary/aromatic N) is 2. The van der Waals surface area contributed by atoms with Gasteiger partial charge in [0.2, 0.25) is 0 Å². The zero-order chi connectivity index (χ0) is 19.4. The molecule has 1 aromatic heterocycles. The molecule has 0 aliphatic heterocycles.